The van der Waals surface area contributed by atoms with E-state index in [0.29, 0.717) is 17.9 Å². The molecule has 2 N–H and O–H groups in total. The number of methoxy groups -OCH3 is 1. The van der Waals surface area contributed by atoms with Crippen molar-refractivity contribution in [1.29, 1.82) is 0 Å². The third-order valence-electron chi connectivity index (χ3n) is 3.62. The quantitative estimate of drug-likeness (QED) is 0.559. The minimum absolute atomic E-state index is 0.215. The van der Waals surface area contributed by atoms with Crippen LogP contribution >= 0.6 is 0 Å². The monoisotopic (exact) mass is 385 g/mol. The summed E-state index contributed by atoms with van der Waals surface area (Å²) in [6.45, 7) is 9.32. The number of hydrogen-bond acceptors (Lipinski definition) is 4. The van der Waals surface area contributed by atoms with E-state index in [2.05, 4.69) is 33.0 Å². The minimum Gasteiger partial charge on any atom is -0.542 e. The zero-order chi connectivity index (χ0) is 20.9. The Labute approximate surface area is 168 Å². The number of carboxylic acids is 1. The second-order valence-electron chi connectivity index (χ2n) is 7.02. The highest BCUT2D eigenvalue weighted by Crippen LogP contribution is 2.16. The van der Waals surface area contributed by atoms with Crippen molar-refractivity contribution in [2.24, 2.45) is 0 Å². The van der Waals surface area contributed by atoms with Gasteiger partial charge in [-0.15, -0.1) is 0 Å². The number of benzene rings is 2. The first-order valence-corrected chi connectivity index (χ1v) is 9.40. The Hall–Kier alpha value is -2.79. The van der Waals surface area contributed by atoms with E-state index >= 15 is 0 Å². The molecule has 0 bridgehead atoms. The maximum atomic E-state index is 10.7. The van der Waals surface area contributed by atoms with Crippen molar-refractivity contribution >= 4 is 12.0 Å². The fourth-order valence-electron chi connectivity index (χ4n) is 2.52. The van der Waals surface area contributed by atoms with Crippen molar-refractivity contribution in [3.05, 3.63) is 71.5 Å². The lowest BCUT2D eigenvalue weighted by Gasteiger charge is -2.08. The molecule has 28 heavy (non-hydrogen) atoms. The first-order valence-electron chi connectivity index (χ1n) is 9.40. The summed E-state index contributed by atoms with van der Waals surface area (Å²) in [5.41, 5.74) is 1.78. The smallest absolute Gasteiger partial charge is 0.142 e. The van der Waals surface area contributed by atoms with Crippen molar-refractivity contribution < 1.29 is 24.7 Å². The Kier molecular flexibility index (Phi) is 10.4. The second-order valence-corrected chi connectivity index (χ2v) is 7.02. The first kappa shape index (κ1) is 23.2. The van der Waals surface area contributed by atoms with Crippen LogP contribution in [0.25, 0.3) is 6.08 Å². The number of rotatable bonds is 8. The molecule has 0 radical (unpaired) electrons. The average Bonchev–Trinajstić information content (AvgIpc) is 2.65. The topological polar surface area (TPSA) is 75.2 Å². The van der Waals surface area contributed by atoms with Gasteiger partial charge in [0.25, 0.3) is 0 Å². The number of ether oxygens (including phenoxy) is 2. The fourth-order valence-corrected chi connectivity index (χ4v) is 2.52. The minimum atomic E-state index is -1.35. The molecule has 5 heteroatoms. The van der Waals surface area contributed by atoms with Gasteiger partial charge >= 0.3 is 0 Å². The number of aliphatic carboxylic acids is 1. The number of hydrogen-bond donors (Lipinski definition) is 1. The van der Waals surface area contributed by atoms with Crippen LogP contribution in [-0.4, -0.2) is 25.2 Å². The number of carbonyl (C=O) groups excluding carboxylic acids is 1. The fraction of sp³-hybridized carbons (Fsp3) is 0.348. The summed E-state index contributed by atoms with van der Waals surface area (Å²) in [6.07, 6.45) is 1.40. The number of nitrogens with two attached hydrogens (primary N) is 1. The Morgan fingerprint density at radius 3 is 2.00 bits per heavy atom. The van der Waals surface area contributed by atoms with Gasteiger partial charge in [-0.3, -0.25) is 0 Å². The van der Waals surface area contributed by atoms with Gasteiger partial charge < -0.3 is 24.7 Å². The van der Waals surface area contributed by atoms with Gasteiger partial charge in [-0.05, 0) is 57.0 Å². The predicted molar refractivity (Wildman–Crippen MR) is 109 cm³/mol. The molecule has 2 aromatic rings. The molecule has 0 aromatic heterocycles. The van der Waals surface area contributed by atoms with Crippen LogP contribution in [0.15, 0.2) is 60.4 Å². The molecule has 0 saturated heterocycles. The van der Waals surface area contributed by atoms with Crippen LogP contribution in [-0.2, 0) is 16.1 Å². The van der Waals surface area contributed by atoms with Gasteiger partial charge in [0, 0.05) is 0 Å². The molecule has 0 unspecified atom stereocenters. The molecule has 0 heterocycles. The standard InChI is InChI=1S/C17H16O4.C6H15N/c1-20-16(17(18)19)11-13-7-9-15(10-8-13)21-12-14-5-3-2-4-6-14;1-5(2)7-6(3)4/h2-11H,12H2,1H3,(H,18,19);5-7H,1-4H3/b16-11-;. The Morgan fingerprint density at radius 2 is 1.57 bits per heavy atom. The Balaban J connectivity index is 0.000000480. The molecule has 0 aliphatic rings. The maximum absolute atomic E-state index is 10.7. The molecule has 5 nitrogen and oxygen atoms in total. The van der Waals surface area contributed by atoms with E-state index in [-0.39, 0.29) is 5.76 Å². The van der Waals surface area contributed by atoms with Crippen molar-refractivity contribution in [1.82, 2.24) is 0 Å². The molecule has 0 atom stereocenters. The predicted octanol–water partition coefficient (Wildman–Crippen LogP) is 2.37. The zero-order valence-electron chi connectivity index (χ0n) is 17.3. The van der Waals surface area contributed by atoms with Crippen LogP contribution in [0, 0.1) is 0 Å². The average molecular weight is 386 g/mol. The highest BCUT2D eigenvalue weighted by atomic mass is 16.5. The molecular formula is C23H31NO4. The highest BCUT2D eigenvalue weighted by molar-refractivity contribution is 5.88. The molecule has 0 spiro atoms. The van der Waals surface area contributed by atoms with Crippen LogP contribution in [0.1, 0.15) is 38.8 Å². The van der Waals surface area contributed by atoms with Gasteiger partial charge in [-0.25, -0.2) is 0 Å². The maximum Gasteiger partial charge on any atom is 0.142 e. The number of quaternary nitrogens is 1. The van der Waals surface area contributed by atoms with Crippen molar-refractivity contribution in [3.8, 4) is 5.75 Å². The lowest BCUT2D eigenvalue weighted by molar-refractivity contribution is -0.709. The van der Waals surface area contributed by atoms with Crippen molar-refractivity contribution in [2.75, 3.05) is 7.11 Å². The van der Waals surface area contributed by atoms with Gasteiger partial charge in [-0.2, -0.15) is 0 Å². The first-order chi connectivity index (χ1) is 13.3. The van der Waals surface area contributed by atoms with Gasteiger partial charge in [0.15, 0.2) is 0 Å². The van der Waals surface area contributed by atoms with E-state index < -0.39 is 5.97 Å². The van der Waals surface area contributed by atoms with E-state index in [0.717, 1.165) is 17.6 Å². The van der Waals surface area contributed by atoms with E-state index in [1.807, 2.05) is 30.3 Å². The van der Waals surface area contributed by atoms with Crippen LogP contribution < -0.4 is 15.2 Å². The summed E-state index contributed by atoms with van der Waals surface area (Å²) in [5.74, 6) is -0.849. The van der Waals surface area contributed by atoms with Crippen LogP contribution in [0.3, 0.4) is 0 Å². The van der Waals surface area contributed by atoms with E-state index in [4.69, 9.17) is 9.47 Å². The molecule has 0 aliphatic carbocycles. The third kappa shape index (κ3) is 9.78. The third-order valence-corrected chi connectivity index (χ3v) is 3.62. The lowest BCUT2D eigenvalue weighted by atomic mass is 10.2. The summed E-state index contributed by atoms with van der Waals surface area (Å²) in [5, 5.41) is 13.1. The van der Waals surface area contributed by atoms with Crippen molar-refractivity contribution in [2.45, 2.75) is 46.4 Å². The molecule has 2 aromatic carbocycles. The van der Waals surface area contributed by atoms with Crippen LogP contribution in [0.2, 0.25) is 0 Å². The molecule has 2 rings (SSSR count). The zero-order valence-corrected chi connectivity index (χ0v) is 17.3. The summed E-state index contributed by atoms with van der Waals surface area (Å²) >= 11 is 0. The number of carbonyl (C=O) groups is 1. The molecule has 152 valence electrons. The summed E-state index contributed by atoms with van der Waals surface area (Å²) in [6, 6.07) is 18.4. The highest BCUT2D eigenvalue weighted by Gasteiger charge is 2.00. The van der Waals surface area contributed by atoms with Gasteiger partial charge in [-0.1, -0.05) is 42.5 Å². The molecule has 0 fully saturated rings. The Morgan fingerprint density at radius 1 is 1.00 bits per heavy atom. The van der Waals surface area contributed by atoms with Gasteiger partial charge in [0.05, 0.1) is 19.2 Å². The molecular weight excluding hydrogens is 354 g/mol. The Bertz CT molecular complexity index is 716. The van der Waals surface area contributed by atoms with Crippen molar-refractivity contribution in [3.63, 3.8) is 0 Å². The van der Waals surface area contributed by atoms with E-state index in [1.54, 1.807) is 24.3 Å². The second kappa shape index (κ2) is 12.6. The summed E-state index contributed by atoms with van der Waals surface area (Å²) in [7, 11) is 1.29. The van der Waals surface area contributed by atoms with Crippen LogP contribution in [0.4, 0.5) is 0 Å². The lowest BCUT2D eigenvalue weighted by Crippen LogP contribution is -2.92. The van der Waals surface area contributed by atoms with Gasteiger partial charge in [0.1, 0.15) is 24.1 Å². The number of carboxylic acid groups (broad SMARTS) is 1. The van der Waals surface area contributed by atoms with Gasteiger partial charge in [0.2, 0.25) is 0 Å². The summed E-state index contributed by atoms with van der Waals surface area (Å²) in [4.78, 5) is 10.7. The SMILES string of the molecule is CC(C)[NH2+]C(C)C.CO/C(=C\c1ccc(OCc2ccccc2)cc1)C(=O)[O-]. The van der Waals surface area contributed by atoms with E-state index in [1.165, 1.54) is 13.2 Å². The van der Waals surface area contributed by atoms with E-state index in [9.17, 15) is 9.90 Å². The largest absolute Gasteiger partial charge is 0.542 e. The molecule has 0 aliphatic heterocycles. The van der Waals surface area contributed by atoms with Crippen LogP contribution in [0.5, 0.6) is 5.75 Å². The molecule has 0 saturated carbocycles. The summed E-state index contributed by atoms with van der Waals surface area (Å²) < 4.78 is 10.4. The molecule has 0 amide bonds. The normalized spacial score (nSPS) is 11.0.